The largest absolute Gasteiger partial charge is 0.454 e. The summed E-state index contributed by atoms with van der Waals surface area (Å²) in [5.74, 6) is -1.81. The monoisotopic (exact) mass is 374 g/mol. The summed E-state index contributed by atoms with van der Waals surface area (Å²) >= 11 is 0. The molecule has 0 aliphatic heterocycles. The summed E-state index contributed by atoms with van der Waals surface area (Å²) in [6, 6.07) is 3.47. The lowest BCUT2D eigenvalue weighted by Crippen LogP contribution is -2.39. The summed E-state index contributed by atoms with van der Waals surface area (Å²) < 4.78 is 42.1. The van der Waals surface area contributed by atoms with Crippen LogP contribution >= 0.6 is 0 Å². The summed E-state index contributed by atoms with van der Waals surface area (Å²) in [6.45, 7) is 4.68. The molecule has 2 amide bonds. The van der Waals surface area contributed by atoms with Crippen LogP contribution in [0.1, 0.15) is 36.7 Å². The van der Waals surface area contributed by atoms with Gasteiger partial charge in [0.15, 0.2) is 6.61 Å². The quantitative estimate of drug-likeness (QED) is 0.716. The van der Waals surface area contributed by atoms with Gasteiger partial charge in [-0.15, -0.1) is 0 Å². The van der Waals surface area contributed by atoms with Gasteiger partial charge in [-0.1, -0.05) is 13.8 Å². The highest BCUT2D eigenvalue weighted by Gasteiger charge is 2.30. The number of carbonyl (C=O) groups is 3. The van der Waals surface area contributed by atoms with Gasteiger partial charge in [0.25, 0.3) is 11.8 Å². The number of benzene rings is 1. The van der Waals surface area contributed by atoms with Crippen LogP contribution in [0.3, 0.4) is 0 Å². The second kappa shape index (κ2) is 9.21. The Labute approximate surface area is 149 Å². The van der Waals surface area contributed by atoms with Gasteiger partial charge in [-0.05, 0) is 37.1 Å². The predicted molar refractivity (Wildman–Crippen MR) is 87.2 cm³/mol. The molecule has 1 aromatic rings. The molecule has 26 heavy (non-hydrogen) atoms. The Hall–Kier alpha value is -2.58. The zero-order valence-corrected chi connectivity index (χ0v) is 14.6. The van der Waals surface area contributed by atoms with Gasteiger partial charge in [-0.25, -0.2) is 0 Å². The van der Waals surface area contributed by atoms with Crippen LogP contribution in [-0.4, -0.2) is 37.0 Å². The van der Waals surface area contributed by atoms with Crippen LogP contribution in [0.5, 0.6) is 0 Å². The summed E-state index contributed by atoms with van der Waals surface area (Å²) in [7, 11) is 0. The van der Waals surface area contributed by atoms with E-state index < -0.39 is 42.7 Å². The van der Waals surface area contributed by atoms with Crippen molar-refractivity contribution in [3.8, 4) is 0 Å². The van der Waals surface area contributed by atoms with Crippen LogP contribution < -0.4 is 10.6 Å². The molecule has 0 bridgehead atoms. The van der Waals surface area contributed by atoms with Crippen molar-refractivity contribution >= 4 is 17.8 Å². The fourth-order valence-corrected chi connectivity index (χ4v) is 1.72. The number of alkyl halides is 3. The van der Waals surface area contributed by atoms with Crippen LogP contribution in [0, 0.1) is 5.92 Å². The van der Waals surface area contributed by atoms with E-state index in [9.17, 15) is 27.6 Å². The van der Waals surface area contributed by atoms with Gasteiger partial charge in [0.05, 0.1) is 5.56 Å². The lowest BCUT2D eigenvalue weighted by Gasteiger charge is -2.17. The zero-order chi connectivity index (χ0) is 19.9. The smallest absolute Gasteiger partial charge is 0.416 e. The number of esters is 1. The number of ether oxygens (including phenoxy) is 1. The first-order valence-corrected chi connectivity index (χ1v) is 7.91. The molecule has 6 nitrogen and oxygen atoms in total. The summed E-state index contributed by atoms with van der Waals surface area (Å²) in [6.07, 6.45) is -4.49. The highest BCUT2D eigenvalue weighted by molar-refractivity contribution is 5.96. The Bertz CT molecular complexity index is 642. The highest BCUT2D eigenvalue weighted by Crippen LogP contribution is 2.29. The van der Waals surface area contributed by atoms with Gasteiger partial charge >= 0.3 is 12.1 Å². The third-order valence-electron chi connectivity index (χ3n) is 3.62. The van der Waals surface area contributed by atoms with E-state index in [1.165, 1.54) is 0 Å². The van der Waals surface area contributed by atoms with E-state index in [1.807, 2.05) is 20.8 Å². The molecular weight excluding hydrogens is 353 g/mol. The molecule has 0 spiro atoms. The van der Waals surface area contributed by atoms with E-state index in [4.69, 9.17) is 4.74 Å². The molecule has 2 N–H and O–H groups in total. The van der Waals surface area contributed by atoms with E-state index in [-0.39, 0.29) is 17.5 Å². The number of hydrogen-bond acceptors (Lipinski definition) is 4. The number of rotatable bonds is 7. The number of hydrogen-bond donors (Lipinski definition) is 2. The van der Waals surface area contributed by atoms with Gasteiger partial charge in [-0.3, -0.25) is 14.4 Å². The average molecular weight is 374 g/mol. The van der Waals surface area contributed by atoms with Gasteiger partial charge in [0, 0.05) is 11.6 Å². The van der Waals surface area contributed by atoms with Crippen LogP contribution in [0.15, 0.2) is 24.3 Å². The van der Waals surface area contributed by atoms with Crippen molar-refractivity contribution in [3.63, 3.8) is 0 Å². The van der Waals surface area contributed by atoms with Gasteiger partial charge in [-0.2, -0.15) is 13.2 Å². The minimum atomic E-state index is -4.49. The first kappa shape index (κ1) is 21.5. The van der Waals surface area contributed by atoms with E-state index in [1.54, 1.807) is 0 Å². The molecule has 0 unspecified atom stereocenters. The Morgan fingerprint density at radius 3 is 2.15 bits per heavy atom. The average Bonchev–Trinajstić information content (AvgIpc) is 2.57. The standard InChI is InChI=1S/C17H21F3N2O4/c1-10(2)11(3)22-14(23)9-26-15(24)8-21-16(25)12-4-6-13(7-5-12)17(18,19)20/h4-7,10-11H,8-9H2,1-3H3,(H,21,25)(H,22,23)/t11-/m1/s1. The highest BCUT2D eigenvalue weighted by atomic mass is 19.4. The van der Waals surface area contributed by atoms with E-state index in [0.29, 0.717) is 0 Å². The van der Waals surface area contributed by atoms with Crippen LogP contribution in [0.25, 0.3) is 0 Å². The summed E-state index contributed by atoms with van der Waals surface area (Å²) in [5.41, 5.74) is -0.913. The van der Waals surface area contributed by atoms with Crippen molar-refractivity contribution in [2.75, 3.05) is 13.2 Å². The number of amides is 2. The van der Waals surface area contributed by atoms with E-state index in [2.05, 4.69) is 10.6 Å². The van der Waals surface area contributed by atoms with Crippen molar-refractivity contribution in [2.24, 2.45) is 5.92 Å². The number of nitrogens with one attached hydrogen (secondary N) is 2. The third kappa shape index (κ3) is 7.12. The Balaban J connectivity index is 2.40. The molecule has 0 aliphatic rings. The van der Waals surface area contributed by atoms with Crippen molar-refractivity contribution in [3.05, 3.63) is 35.4 Å². The topological polar surface area (TPSA) is 84.5 Å². The molecule has 144 valence electrons. The van der Waals surface area contributed by atoms with Crippen molar-refractivity contribution in [1.29, 1.82) is 0 Å². The predicted octanol–water partition coefficient (Wildman–Crippen LogP) is 2.14. The Kier molecular flexibility index (Phi) is 7.60. The molecule has 1 rings (SSSR count). The molecular formula is C17H21F3N2O4. The van der Waals surface area contributed by atoms with Crippen molar-refractivity contribution < 1.29 is 32.3 Å². The molecule has 0 heterocycles. The fraction of sp³-hybridized carbons (Fsp3) is 0.471. The van der Waals surface area contributed by atoms with Crippen LogP contribution in [0.4, 0.5) is 13.2 Å². The van der Waals surface area contributed by atoms with Gasteiger partial charge in [0.1, 0.15) is 6.54 Å². The lowest BCUT2D eigenvalue weighted by atomic mass is 10.1. The fourth-order valence-electron chi connectivity index (χ4n) is 1.72. The first-order valence-electron chi connectivity index (χ1n) is 7.91. The molecule has 9 heteroatoms. The summed E-state index contributed by atoms with van der Waals surface area (Å²) in [4.78, 5) is 34.9. The van der Waals surface area contributed by atoms with Gasteiger partial charge in [0.2, 0.25) is 0 Å². The molecule has 0 aliphatic carbocycles. The number of carbonyl (C=O) groups excluding carboxylic acids is 3. The maximum atomic E-state index is 12.5. The molecule has 0 aromatic heterocycles. The second-order valence-corrected chi connectivity index (χ2v) is 6.02. The molecule has 1 atom stereocenters. The molecule has 0 saturated heterocycles. The van der Waals surface area contributed by atoms with Crippen LogP contribution in [0.2, 0.25) is 0 Å². The minimum Gasteiger partial charge on any atom is -0.454 e. The minimum absolute atomic E-state index is 0.0331. The molecule has 1 aromatic carbocycles. The van der Waals surface area contributed by atoms with Crippen molar-refractivity contribution in [1.82, 2.24) is 10.6 Å². The first-order chi connectivity index (χ1) is 12.0. The zero-order valence-electron chi connectivity index (χ0n) is 14.6. The number of halogens is 3. The van der Waals surface area contributed by atoms with Crippen LogP contribution in [-0.2, 0) is 20.5 Å². The SMILES string of the molecule is CC(C)[C@@H](C)NC(=O)COC(=O)CNC(=O)c1ccc(C(F)(F)F)cc1. The Morgan fingerprint density at radius 2 is 1.65 bits per heavy atom. The van der Waals surface area contributed by atoms with Gasteiger partial charge < -0.3 is 15.4 Å². The summed E-state index contributed by atoms with van der Waals surface area (Å²) in [5, 5.41) is 4.86. The molecule has 0 radical (unpaired) electrons. The molecule has 0 fully saturated rings. The second-order valence-electron chi connectivity index (χ2n) is 6.02. The van der Waals surface area contributed by atoms with Crippen molar-refractivity contribution in [2.45, 2.75) is 33.0 Å². The van der Waals surface area contributed by atoms with E-state index in [0.717, 1.165) is 24.3 Å². The third-order valence-corrected chi connectivity index (χ3v) is 3.62. The molecule has 0 saturated carbocycles. The van der Waals surface area contributed by atoms with E-state index >= 15 is 0 Å². The normalized spacial score (nSPS) is 12.4. The maximum absolute atomic E-state index is 12.5. The maximum Gasteiger partial charge on any atom is 0.416 e. The Morgan fingerprint density at radius 1 is 1.08 bits per heavy atom. The lowest BCUT2D eigenvalue weighted by molar-refractivity contribution is -0.147.